The van der Waals surface area contributed by atoms with E-state index in [1.165, 1.54) is 0 Å². The van der Waals surface area contributed by atoms with Gasteiger partial charge >= 0.3 is 0 Å². The molecule has 0 aromatic rings. The number of amides is 1. The second-order valence-corrected chi connectivity index (χ2v) is 8.61. The van der Waals surface area contributed by atoms with Crippen LogP contribution in [0.2, 0.25) is 0 Å². The molecule has 0 rings (SSSR count). The first kappa shape index (κ1) is 36.5. The first-order valence-corrected chi connectivity index (χ1v) is 13.8. The number of carbonyl (C=O) groups is 3. The summed E-state index contributed by atoms with van der Waals surface area (Å²) < 4.78 is 38.2. The summed E-state index contributed by atoms with van der Waals surface area (Å²) in [5, 5.41) is 0. The Kier molecular flexibility index (Phi) is 27.4. The molecule has 0 radical (unpaired) electrons. The van der Waals surface area contributed by atoms with Gasteiger partial charge in [-0.2, -0.15) is 0 Å². The molecular weight excluding hydrogens is 498 g/mol. The maximum Gasteiger partial charge on any atom is 0.225 e. The minimum atomic E-state index is -0.0370. The Morgan fingerprint density at radius 2 is 0.842 bits per heavy atom. The molecular formula is C27H51NO10. The molecule has 0 fully saturated rings. The van der Waals surface area contributed by atoms with Crippen molar-refractivity contribution in [3.63, 3.8) is 0 Å². The largest absolute Gasteiger partial charge is 0.380 e. The Morgan fingerprint density at radius 3 is 1.29 bits per heavy atom. The van der Waals surface area contributed by atoms with E-state index in [-0.39, 0.29) is 23.9 Å². The molecule has 0 heterocycles. The molecule has 0 aromatic carbocycles. The molecule has 0 N–H and O–H groups in total. The van der Waals surface area contributed by atoms with E-state index in [0.29, 0.717) is 131 Å². The summed E-state index contributed by atoms with van der Waals surface area (Å²) in [6.45, 7) is 12.6. The maximum atomic E-state index is 12.7. The van der Waals surface area contributed by atoms with Gasteiger partial charge in [0.15, 0.2) is 0 Å². The van der Waals surface area contributed by atoms with Gasteiger partial charge in [-0.25, -0.2) is 0 Å². The van der Waals surface area contributed by atoms with E-state index in [0.717, 1.165) is 0 Å². The zero-order valence-electron chi connectivity index (χ0n) is 23.9. The van der Waals surface area contributed by atoms with Crippen LogP contribution in [0, 0.1) is 0 Å². The number of rotatable bonds is 30. The van der Waals surface area contributed by atoms with Crippen LogP contribution in [0.1, 0.15) is 52.9 Å². The Morgan fingerprint density at radius 1 is 0.474 bits per heavy atom. The van der Waals surface area contributed by atoms with Crippen molar-refractivity contribution in [2.45, 2.75) is 52.9 Å². The lowest BCUT2D eigenvalue weighted by atomic mass is 10.2. The summed E-state index contributed by atoms with van der Waals surface area (Å²) in [6, 6.07) is 0. The molecule has 0 atom stereocenters. The number of ketones is 2. The lowest BCUT2D eigenvalue weighted by molar-refractivity contribution is -0.134. The average Bonchev–Trinajstić information content (AvgIpc) is 2.88. The van der Waals surface area contributed by atoms with Crippen LogP contribution in [-0.2, 0) is 47.5 Å². The number of carbonyl (C=O) groups excluding carboxylic acids is 3. The highest BCUT2D eigenvalue weighted by molar-refractivity contribution is 5.76. The minimum Gasteiger partial charge on any atom is -0.380 e. The molecule has 0 aliphatic rings. The third-order valence-electron chi connectivity index (χ3n) is 5.15. The third kappa shape index (κ3) is 27.6. The molecule has 224 valence electrons. The van der Waals surface area contributed by atoms with Crippen LogP contribution in [0.3, 0.4) is 0 Å². The molecule has 1 amide bonds. The highest BCUT2D eigenvalue weighted by atomic mass is 16.6. The number of nitrogens with zero attached hydrogens (tertiary/aromatic N) is 1. The maximum absolute atomic E-state index is 12.7. The van der Waals surface area contributed by atoms with E-state index < -0.39 is 0 Å². The van der Waals surface area contributed by atoms with Crippen LogP contribution in [-0.4, -0.2) is 128 Å². The van der Waals surface area contributed by atoms with Gasteiger partial charge in [0, 0.05) is 45.8 Å². The summed E-state index contributed by atoms with van der Waals surface area (Å²) in [4.78, 5) is 36.4. The molecule has 0 unspecified atom stereocenters. The fraction of sp³-hybridized carbons (Fsp3) is 0.889. The number of Topliss-reactive ketones (excluding diaryl/α,β-unsaturated/α-hetero) is 2. The second-order valence-electron chi connectivity index (χ2n) is 8.61. The molecule has 0 saturated carbocycles. The summed E-state index contributed by atoms with van der Waals surface area (Å²) in [6.07, 6.45) is 2.66. The quantitative estimate of drug-likeness (QED) is 0.123. The van der Waals surface area contributed by atoms with Crippen LogP contribution in [0.15, 0.2) is 0 Å². The molecule has 0 aliphatic heterocycles. The Hall–Kier alpha value is -1.47. The lowest BCUT2D eigenvalue weighted by Crippen LogP contribution is -2.37. The molecule has 38 heavy (non-hydrogen) atoms. The van der Waals surface area contributed by atoms with Crippen LogP contribution >= 0.6 is 0 Å². The van der Waals surface area contributed by atoms with Gasteiger partial charge in [0.25, 0.3) is 0 Å². The summed E-state index contributed by atoms with van der Waals surface area (Å²) >= 11 is 0. The van der Waals surface area contributed by atoms with Gasteiger partial charge in [-0.15, -0.1) is 0 Å². The SMILES string of the molecule is CCOCCOCCOCCOCCC(=O)N(CCOCCCC(C)=O)CCOCCOCCCC(C)=O. The highest BCUT2D eigenvalue weighted by Gasteiger charge is 2.13. The lowest BCUT2D eigenvalue weighted by Gasteiger charge is -2.23. The van der Waals surface area contributed by atoms with E-state index >= 15 is 0 Å². The van der Waals surface area contributed by atoms with Gasteiger partial charge in [-0.1, -0.05) is 0 Å². The first-order valence-electron chi connectivity index (χ1n) is 13.8. The van der Waals surface area contributed by atoms with Crippen LogP contribution in [0.4, 0.5) is 0 Å². The molecule has 0 aliphatic carbocycles. The van der Waals surface area contributed by atoms with E-state index in [9.17, 15) is 14.4 Å². The van der Waals surface area contributed by atoms with Crippen molar-refractivity contribution in [1.82, 2.24) is 4.90 Å². The van der Waals surface area contributed by atoms with E-state index in [2.05, 4.69) is 0 Å². The molecule has 0 aromatic heterocycles. The number of ether oxygens (including phenoxy) is 7. The normalized spacial score (nSPS) is 11.1. The van der Waals surface area contributed by atoms with Crippen molar-refractivity contribution in [1.29, 1.82) is 0 Å². The molecule has 0 bridgehead atoms. The van der Waals surface area contributed by atoms with Gasteiger partial charge in [0.1, 0.15) is 11.6 Å². The predicted octanol–water partition coefficient (Wildman–Crippen LogP) is 2.08. The summed E-state index contributed by atoms with van der Waals surface area (Å²) in [5.41, 5.74) is 0. The topological polar surface area (TPSA) is 119 Å². The van der Waals surface area contributed by atoms with Crippen molar-refractivity contribution in [3.05, 3.63) is 0 Å². The van der Waals surface area contributed by atoms with Crippen molar-refractivity contribution in [3.8, 4) is 0 Å². The zero-order chi connectivity index (χ0) is 28.1. The average molecular weight is 550 g/mol. The molecule has 0 saturated heterocycles. The predicted molar refractivity (Wildman–Crippen MR) is 142 cm³/mol. The Labute approximate surface area is 228 Å². The third-order valence-corrected chi connectivity index (χ3v) is 5.15. The Bertz CT molecular complexity index is 576. The van der Waals surface area contributed by atoms with Crippen LogP contribution in [0.5, 0.6) is 0 Å². The van der Waals surface area contributed by atoms with E-state index in [1.807, 2.05) is 6.92 Å². The van der Waals surface area contributed by atoms with Crippen molar-refractivity contribution in [2.24, 2.45) is 0 Å². The monoisotopic (exact) mass is 549 g/mol. The fourth-order valence-electron chi connectivity index (χ4n) is 3.10. The number of hydrogen-bond donors (Lipinski definition) is 0. The van der Waals surface area contributed by atoms with Gasteiger partial charge in [-0.3, -0.25) is 4.79 Å². The zero-order valence-corrected chi connectivity index (χ0v) is 23.9. The highest BCUT2D eigenvalue weighted by Crippen LogP contribution is 1.99. The second kappa shape index (κ2) is 28.5. The molecule has 11 nitrogen and oxygen atoms in total. The van der Waals surface area contributed by atoms with E-state index in [1.54, 1.807) is 18.7 Å². The van der Waals surface area contributed by atoms with Gasteiger partial charge in [-0.05, 0) is 33.6 Å². The first-order chi connectivity index (χ1) is 18.5. The number of hydrogen-bond acceptors (Lipinski definition) is 10. The van der Waals surface area contributed by atoms with Crippen molar-refractivity contribution in [2.75, 3.05) is 106 Å². The van der Waals surface area contributed by atoms with E-state index in [4.69, 9.17) is 33.2 Å². The van der Waals surface area contributed by atoms with Crippen LogP contribution < -0.4 is 0 Å². The standard InChI is InChI=1S/C27H51NO10/c1-4-32-17-18-37-23-24-38-22-20-35-14-9-27(31)28(10-15-33-12-5-7-25(2)29)11-16-36-21-19-34-13-6-8-26(3)30/h4-24H2,1-3H3. The molecule has 11 heteroatoms. The van der Waals surface area contributed by atoms with Gasteiger partial charge in [0.05, 0.1) is 79.1 Å². The van der Waals surface area contributed by atoms with Gasteiger partial charge in [0.2, 0.25) is 5.91 Å². The molecule has 0 spiro atoms. The minimum absolute atomic E-state index is 0.0370. The van der Waals surface area contributed by atoms with Crippen LogP contribution in [0.25, 0.3) is 0 Å². The Balaban J connectivity index is 4.03. The van der Waals surface area contributed by atoms with Crippen molar-refractivity contribution < 1.29 is 47.5 Å². The smallest absolute Gasteiger partial charge is 0.225 e. The fourth-order valence-corrected chi connectivity index (χ4v) is 3.10. The summed E-state index contributed by atoms with van der Waals surface area (Å²) in [7, 11) is 0. The van der Waals surface area contributed by atoms with Gasteiger partial charge < -0.3 is 47.6 Å². The van der Waals surface area contributed by atoms with Crippen molar-refractivity contribution >= 4 is 17.5 Å². The summed E-state index contributed by atoms with van der Waals surface area (Å²) in [5.74, 6) is 0.262.